The summed E-state index contributed by atoms with van der Waals surface area (Å²) in [5.74, 6) is 5.87. The fourth-order valence-electron chi connectivity index (χ4n) is 2.63. The van der Waals surface area contributed by atoms with Crippen LogP contribution in [0.1, 0.15) is 36.5 Å². The smallest absolute Gasteiger partial charge is 0.252 e. The molecule has 5 heteroatoms. The SMILES string of the molecule is CCC1(CNC(=O)c2cc(NN)nc3ccccc23)CC1. The van der Waals surface area contributed by atoms with Crippen molar-refractivity contribution in [3.63, 3.8) is 0 Å². The molecule has 1 aromatic heterocycles. The second-order valence-corrected chi connectivity index (χ2v) is 5.75. The molecule has 110 valence electrons. The summed E-state index contributed by atoms with van der Waals surface area (Å²) in [5, 5.41) is 3.90. The molecule has 1 fully saturated rings. The number of carbonyl (C=O) groups is 1. The predicted octanol–water partition coefficient (Wildman–Crippen LogP) is 2.44. The number of hydrazine groups is 1. The molecule has 0 saturated heterocycles. The standard InChI is InChI=1S/C16H20N4O/c1-2-16(7-8-16)10-18-15(21)12-9-14(20-17)19-13-6-4-3-5-11(12)13/h3-6,9H,2,7-8,10,17H2,1H3,(H,18,21)(H,19,20). The number of para-hydroxylation sites is 1. The third kappa shape index (κ3) is 2.69. The first-order valence-corrected chi connectivity index (χ1v) is 7.32. The summed E-state index contributed by atoms with van der Waals surface area (Å²) in [7, 11) is 0. The van der Waals surface area contributed by atoms with E-state index in [1.165, 1.54) is 12.8 Å². The molecule has 0 unspecified atom stereocenters. The third-order valence-electron chi connectivity index (χ3n) is 4.44. The van der Waals surface area contributed by atoms with Gasteiger partial charge in [-0.15, -0.1) is 0 Å². The minimum Gasteiger partial charge on any atom is -0.351 e. The van der Waals surface area contributed by atoms with Crippen molar-refractivity contribution in [1.29, 1.82) is 0 Å². The molecule has 1 aliphatic rings. The first kappa shape index (κ1) is 13.8. The lowest BCUT2D eigenvalue weighted by atomic mass is 10.0. The molecule has 21 heavy (non-hydrogen) atoms. The molecule has 0 bridgehead atoms. The van der Waals surface area contributed by atoms with E-state index in [1.807, 2.05) is 24.3 Å². The van der Waals surface area contributed by atoms with Gasteiger partial charge in [-0.05, 0) is 36.8 Å². The molecule has 2 aromatic rings. The van der Waals surface area contributed by atoms with Gasteiger partial charge in [0.2, 0.25) is 0 Å². The van der Waals surface area contributed by atoms with Gasteiger partial charge in [0.15, 0.2) is 0 Å². The van der Waals surface area contributed by atoms with Gasteiger partial charge in [-0.3, -0.25) is 4.79 Å². The maximum Gasteiger partial charge on any atom is 0.252 e. The maximum atomic E-state index is 12.5. The van der Waals surface area contributed by atoms with Crippen molar-refractivity contribution in [1.82, 2.24) is 10.3 Å². The van der Waals surface area contributed by atoms with Crippen LogP contribution >= 0.6 is 0 Å². The Bertz CT molecular complexity index is 679. The van der Waals surface area contributed by atoms with E-state index in [2.05, 4.69) is 22.7 Å². The largest absolute Gasteiger partial charge is 0.351 e. The van der Waals surface area contributed by atoms with Crippen LogP contribution in [0.2, 0.25) is 0 Å². The van der Waals surface area contributed by atoms with E-state index >= 15 is 0 Å². The summed E-state index contributed by atoms with van der Waals surface area (Å²) in [6, 6.07) is 9.28. The molecule has 0 atom stereocenters. The molecule has 4 N–H and O–H groups in total. The number of carbonyl (C=O) groups excluding carboxylic acids is 1. The van der Waals surface area contributed by atoms with Crippen LogP contribution in [0.4, 0.5) is 5.82 Å². The Labute approximate surface area is 123 Å². The normalized spacial score (nSPS) is 15.7. The molecule has 5 nitrogen and oxygen atoms in total. The molecule has 1 aliphatic carbocycles. The fraction of sp³-hybridized carbons (Fsp3) is 0.375. The van der Waals surface area contributed by atoms with Gasteiger partial charge in [0, 0.05) is 11.9 Å². The van der Waals surface area contributed by atoms with Crippen LogP contribution in [0.25, 0.3) is 10.9 Å². The monoisotopic (exact) mass is 284 g/mol. The summed E-state index contributed by atoms with van der Waals surface area (Å²) in [6.45, 7) is 2.92. The average molecular weight is 284 g/mol. The van der Waals surface area contributed by atoms with Gasteiger partial charge in [0.1, 0.15) is 5.82 Å². The first-order valence-electron chi connectivity index (χ1n) is 7.32. The molecule has 0 aliphatic heterocycles. The van der Waals surface area contributed by atoms with Crippen LogP contribution in [-0.4, -0.2) is 17.4 Å². The number of amides is 1. The highest BCUT2D eigenvalue weighted by molar-refractivity contribution is 6.06. The van der Waals surface area contributed by atoms with Crippen molar-refractivity contribution in [3.05, 3.63) is 35.9 Å². The van der Waals surface area contributed by atoms with Crippen LogP contribution in [0.3, 0.4) is 0 Å². The number of benzene rings is 1. The Morgan fingerprint density at radius 1 is 1.38 bits per heavy atom. The number of rotatable bonds is 5. The lowest BCUT2D eigenvalue weighted by Gasteiger charge is -2.14. The van der Waals surface area contributed by atoms with Crippen molar-refractivity contribution < 1.29 is 4.79 Å². The number of nitrogens with two attached hydrogens (primary N) is 1. The number of nitrogens with one attached hydrogen (secondary N) is 2. The number of aromatic nitrogens is 1. The zero-order valence-corrected chi connectivity index (χ0v) is 12.1. The zero-order valence-electron chi connectivity index (χ0n) is 12.1. The van der Waals surface area contributed by atoms with Crippen molar-refractivity contribution in [2.45, 2.75) is 26.2 Å². The molecule has 1 aromatic carbocycles. The van der Waals surface area contributed by atoms with Crippen molar-refractivity contribution in [2.75, 3.05) is 12.0 Å². The van der Waals surface area contributed by atoms with Crippen LogP contribution < -0.4 is 16.6 Å². The van der Waals surface area contributed by atoms with E-state index in [9.17, 15) is 4.79 Å². The molecule has 0 radical (unpaired) electrons. The third-order valence-corrected chi connectivity index (χ3v) is 4.44. The Morgan fingerprint density at radius 3 is 2.81 bits per heavy atom. The van der Waals surface area contributed by atoms with Crippen molar-refractivity contribution in [2.24, 2.45) is 11.3 Å². The summed E-state index contributed by atoms with van der Waals surface area (Å²) in [4.78, 5) is 16.9. The quantitative estimate of drug-likeness (QED) is 0.582. The number of anilines is 1. The van der Waals surface area contributed by atoms with E-state index in [4.69, 9.17) is 5.84 Å². The summed E-state index contributed by atoms with van der Waals surface area (Å²) in [5.41, 5.74) is 4.22. The Kier molecular flexibility index (Phi) is 3.51. The molecular weight excluding hydrogens is 264 g/mol. The van der Waals surface area contributed by atoms with Crippen LogP contribution in [0.15, 0.2) is 30.3 Å². The van der Waals surface area contributed by atoms with Gasteiger partial charge in [-0.1, -0.05) is 25.1 Å². The number of hydrogen-bond donors (Lipinski definition) is 3. The van der Waals surface area contributed by atoms with E-state index in [1.54, 1.807) is 6.07 Å². The number of fused-ring (bicyclic) bond motifs is 1. The van der Waals surface area contributed by atoms with Gasteiger partial charge in [0.05, 0.1) is 11.1 Å². The van der Waals surface area contributed by atoms with E-state index in [0.29, 0.717) is 16.8 Å². The average Bonchev–Trinajstić information content (AvgIpc) is 3.32. The summed E-state index contributed by atoms with van der Waals surface area (Å²) in [6.07, 6.45) is 3.52. The van der Waals surface area contributed by atoms with Gasteiger partial charge >= 0.3 is 0 Å². The van der Waals surface area contributed by atoms with Crippen molar-refractivity contribution >= 4 is 22.6 Å². The summed E-state index contributed by atoms with van der Waals surface area (Å²) >= 11 is 0. The van der Waals surface area contributed by atoms with Gasteiger partial charge in [-0.2, -0.15) is 0 Å². The lowest BCUT2D eigenvalue weighted by molar-refractivity contribution is 0.0946. The predicted molar refractivity (Wildman–Crippen MR) is 83.8 cm³/mol. The van der Waals surface area contributed by atoms with E-state index < -0.39 is 0 Å². The molecule has 1 saturated carbocycles. The minimum atomic E-state index is -0.0650. The van der Waals surface area contributed by atoms with Crippen molar-refractivity contribution in [3.8, 4) is 0 Å². The highest BCUT2D eigenvalue weighted by Crippen LogP contribution is 2.47. The molecule has 1 amide bonds. The van der Waals surface area contributed by atoms with Gasteiger partial charge < -0.3 is 10.7 Å². The minimum absolute atomic E-state index is 0.0650. The fourth-order valence-corrected chi connectivity index (χ4v) is 2.63. The lowest BCUT2D eigenvalue weighted by Crippen LogP contribution is -2.30. The first-order chi connectivity index (χ1) is 10.2. The number of nitrogen functional groups attached to an aromatic ring is 1. The number of hydrogen-bond acceptors (Lipinski definition) is 4. The van der Waals surface area contributed by atoms with E-state index in [-0.39, 0.29) is 5.91 Å². The van der Waals surface area contributed by atoms with Gasteiger partial charge in [-0.25, -0.2) is 10.8 Å². The zero-order chi connectivity index (χ0) is 14.9. The second-order valence-electron chi connectivity index (χ2n) is 5.75. The number of nitrogens with zero attached hydrogens (tertiary/aromatic N) is 1. The number of pyridine rings is 1. The summed E-state index contributed by atoms with van der Waals surface area (Å²) < 4.78 is 0. The highest BCUT2D eigenvalue weighted by atomic mass is 16.1. The van der Waals surface area contributed by atoms with Crippen LogP contribution in [0.5, 0.6) is 0 Å². The molecular formula is C16H20N4O. The molecule has 0 spiro atoms. The Morgan fingerprint density at radius 2 is 2.14 bits per heavy atom. The van der Waals surface area contributed by atoms with E-state index in [0.717, 1.165) is 23.9 Å². The molecule has 3 rings (SSSR count). The second kappa shape index (κ2) is 5.33. The Hall–Kier alpha value is -2.14. The van der Waals surface area contributed by atoms with Crippen LogP contribution in [0, 0.1) is 5.41 Å². The van der Waals surface area contributed by atoms with Crippen LogP contribution in [-0.2, 0) is 0 Å². The Balaban J connectivity index is 1.89. The molecule has 1 heterocycles. The van der Waals surface area contributed by atoms with Gasteiger partial charge in [0.25, 0.3) is 5.91 Å². The maximum absolute atomic E-state index is 12.5. The highest BCUT2D eigenvalue weighted by Gasteiger charge is 2.40. The topological polar surface area (TPSA) is 80.0 Å².